The number of nitrogens with zero attached hydrogens (tertiary/aromatic N) is 1. The van der Waals surface area contributed by atoms with Crippen LogP contribution >= 0.6 is 0 Å². The summed E-state index contributed by atoms with van der Waals surface area (Å²) in [5, 5.41) is 2.67. The van der Waals surface area contributed by atoms with Crippen molar-refractivity contribution >= 4 is 11.8 Å². The zero-order chi connectivity index (χ0) is 15.4. The average Bonchev–Trinajstić information content (AvgIpc) is 2.46. The van der Waals surface area contributed by atoms with Gasteiger partial charge in [-0.3, -0.25) is 9.59 Å². The Morgan fingerprint density at radius 1 is 1.38 bits per heavy atom. The van der Waals surface area contributed by atoms with Crippen molar-refractivity contribution in [1.29, 1.82) is 0 Å². The maximum absolute atomic E-state index is 13.5. The van der Waals surface area contributed by atoms with Gasteiger partial charge in [0.25, 0.3) is 5.91 Å². The molecule has 0 saturated carbocycles. The molecule has 1 aromatic rings. The Kier molecular flexibility index (Phi) is 4.67. The van der Waals surface area contributed by atoms with E-state index in [9.17, 15) is 18.4 Å². The quantitative estimate of drug-likeness (QED) is 0.865. The van der Waals surface area contributed by atoms with Gasteiger partial charge < -0.3 is 10.2 Å². The van der Waals surface area contributed by atoms with Gasteiger partial charge in [-0.1, -0.05) is 6.58 Å². The van der Waals surface area contributed by atoms with Crippen LogP contribution in [0.3, 0.4) is 0 Å². The summed E-state index contributed by atoms with van der Waals surface area (Å²) >= 11 is 0. The van der Waals surface area contributed by atoms with Crippen molar-refractivity contribution < 1.29 is 18.4 Å². The molecule has 1 heterocycles. The van der Waals surface area contributed by atoms with E-state index in [0.717, 1.165) is 18.6 Å². The van der Waals surface area contributed by atoms with E-state index < -0.39 is 17.5 Å². The minimum atomic E-state index is -0.901. The SMILES string of the molecule is C=CC(=O)N1CCC[C@H](NC(=O)c2ccc(F)cc2F)C1. The molecular weight excluding hydrogens is 278 g/mol. The fourth-order valence-electron chi connectivity index (χ4n) is 2.36. The Morgan fingerprint density at radius 3 is 2.81 bits per heavy atom. The number of halogens is 2. The van der Waals surface area contributed by atoms with E-state index in [1.54, 1.807) is 4.90 Å². The van der Waals surface area contributed by atoms with Crippen LogP contribution in [0.1, 0.15) is 23.2 Å². The third-order valence-electron chi connectivity index (χ3n) is 3.42. The first-order valence-electron chi connectivity index (χ1n) is 6.68. The minimum absolute atomic E-state index is 0.193. The number of rotatable bonds is 3. The Morgan fingerprint density at radius 2 is 2.14 bits per heavy atom. The maximum atomic E-state index is 13.5. The normalized spacial score (nSPS) is 18.2. The summed E-state index contributed by atoms with van der Waals surface area (Å²) in [5.74, 6) is -2.43. The molecule has 1 saturated heterocycles. The van der Waals surface area contributed by atoms with Gasteiger partial charge in [0, 0.05) is 25.2 Å². The fraction of sp³-hybridized carbons (Fsp3) is 0.333. The number of nitrogens with one attached hydrogen (secondary N) is 1. The second kappa shape index (κ2) is 6.47. The highest BCUT2D eigenvalue weighted by Crippen LogP contribution is 2.13. The number of carbonyl (C=O) groups excluding carboxylic acids is 2. The van der Waals surface area contributed by atoms with Crippen molar-refractivity contribution in [2.24, 2.45) is 0 Å². The van der Waals surface area contributed by atoms with Crippen LogP contribution in [-0.4, -0.2) is 35.8 Å². The molecule has 2 amide bonds. The highest BCUT2D eigenvalue weighted by atomic mass is 19.1. The largest absolute Gasteiger partial charge is 0.347 e. The maximum Gasteiger partial charge on any atom is 0.254 e. The second-order valence-electron chi connectivity index (χ2n) is 4.93. The molecule has 1 aliphatic heterocycles. The highest BCUT2D eigenvalue weighted by molar-refractivity contribution is 5.94. The van der Waals surface area contributed by atoms with Gasteiger partial charge in [-0.05, 0) is 31.1 Å². The van der Waals surface area contributed by atoms with Crippen molar-refractivity contribution in [3.63, 3.8) is 0 Å². The molecule has 0 aliphatic carbocycles. The van der Waals surface area contributed by atoms with E-state index in [4.69, 9.17) is 0 Å². The first kappa shape index (κ1) is 15.2. The molecule has 1 aliphatic rings. The number of likely N-dealkylation sites (tertiary alicyclic amines) is 1. The van der Waals surface area contributed by atoms with Crippen LogP contribution in [0, 0.1) is 11.6 Å². The van der Waals surface area contributed by atoms with Gasteiger partial charge in [0.05, 0.1) is 5.56 Å². The average molecular weight is 294 g/mol. The van der Waals surface area contributed by atoms with Gasteiger partial charge in [0.1, 0.15) is 11.6 Å². The lowest BCUT2D eigenvalue weighted by molar-refractivity contribution is -0.127. The van der Waals surface area contributed by atoms with Crippen LogP contribution < -0.4 is 5.32 Å². The number of benzene rings is 1. The number of amides is 2. The first-order chi connectivity index (χ1) is 10.0. The zero-order valence-electron chi connectivity index (χ0n) is 11.4. The summed E-state index contributed by atoms with van der Waals surface area (Å²) in [6, 6.07) is 2.56. The van der Waals surface area contributed by atoms with Gasteiger partial charge >= 0.3 is 0 Å². The van der Waals surface area contributed by atoms with Crippen molar-refractivity contribution in [1.82, 2.24) is 10.2 Å². The lowest BCUT2D eigenvalue weighted by atomic mass is 10.0. The molecule has 21 heavy (non-hydrogen) atoms. The van der Waals surface area contributed by atoms with Gasteiger partial charge in [-0.25, -0.2) is 8.78 Å². The molecule has 112 valence electrons. The van der Waals surface area contributed by atoms with E-state index in [1.165, 1.54) is 6.08 Å². The molecule has 0 radical (unpaired) electrons. The van der Waals surface area contributed by atoms with E-state index in [-0.39, 0.29) is 17.5 Å². The molecule has 1 N–H and O–H groups in total. The summed E-state index contributed by atoms with van der Waals surface area (Å²) in [5.41, 5.74) is -0.205. The van der Waals surface area contributed by atoms with Gasteiger partial charge in [0.2, 0.25) is 5.91 Å². The van der Waals surface area contributed by atoms with E-state index in [1.807, 2.05) is 0 Å². The molecule has 1 atom stereocenters. The Bertz CT molecular complexity index is 575. The lowest BCUT2D eigenvalue weighted by Crippen LogP contribution is -2.49. The number of carbonyl (C=O) groups is 2. The van der Waals surface area contributed by atoms with Crippen molar-refractivity contribution in [3.8, 4) is 0 Å². The smallest absolute Gasteiger partial charge is 0.254 e. The van der Waals surface area contributed by atoms with Crippen LogP contribution in [0.25, 0.3) is 0 Å². The monoisotopic (exact) mass is 294 g/mol. The molecule has 0 bridgehead atoms. The number of hydrogen-bond acceptors (Lipinski definition) is 2. The van der Waals surface area contributed by atoms with E-state index in [2.05, 4.69) is 11.9 Å². The van der Waals surface area contributed by atoms with Crippen molar-refractivity contribution in [3.05, 3.63) is 48.1 Å². The Labute approximate surface area is 121 Å². The van der Waals surface area contributed by atoms with Gasteiger partial charge in [-0.2, -0.15) is 0 Å². The summed E-state index contributed by atoms with van der Waals surface area (Å²) in [6.07, 6.45) is 2.68. The predicted octanol–water partition coefficient (Wildman–Crippen LogP) is 1.87. The highest BCUT2D eigenvalue weighted by Gasteiger charge is 2.24. The molecule has 1 aromatic carbocycles. The van der Waals surface area contributed by atoms with Crippen molar-refractivity contribution in [2.45, 2.75) is 18.9 Å². The fourth-order valence-corrected chi connectivity index (χ4v) is 2.36. The first-order valence-corrected chi connectivity index (χ1v) is 6.68. The third kappa shape index (κ3) is 3.65. The van der Waals surface area contributed by atoms with Crippen molar-refractivity contribution in [2.75, 3.05) is 13.1 Å². The Balaban J connectivity index is 2.02. The summed E-state index contributed by atoms with van der Waals surface area (Å²) in [7, 11) is 0. The van der Waals surface area contributed by atoms with Gasteiger partial charge in [0.15, 0.2) is 0 Å². The standard InChI is InChI=1S/C15H16F2N2O2/c1-2-14(20)19-7-3-4-11(9-19)18-15(21)12-6-5-10(16)8-13(12)17/h2,5-6,8,11H,1,3-4,7,9H2,(H,18,21)/t11-/m0/s1. The molecule has 0 spiro atoms. The summed E-state index contributed by atoms with van der Waals surface area (Å²) in [6.45, 7) is 4.40. The topological polar surface area (TPSA) is 49.4 Å². The molecular formula is C15H16F2N2O2. The molecule has 2 rings (SSSR count). The zero-order valence-corrected chi connectivity index (χ0v) is 11.4. The molecule has 4 nitrogen and oxygen atoms in total. The number of piperidine rings is 1. The van der Waals surface area contributed by atoms with Crippen LogP contribution in [0.4, 0.5) is 8.78 Å². The molecule has 6 heteroatoms. The molecule has 1 fully saturated rings. The molecule has 0 unspecified atom stereocenters. The summed E-state index contributed by atoms with van der Waals surface area (Å²) < 4.78 is 26.4. The van der Waals surface area contributed by atoms with Crippen LogP contribution in [0.2, 0.25) is 0 Å². The van der Waals surface area contributed by atoms with Gasteiger partial charge in [-0.15, -0.1) is 0 Å². The van der Waals surface area contributed by atoms with Crippen LogP contribution in [0.5, 0.6) is 0 Å². The number of hydrogen-bond donors (Lipinski definition) is 1. The van der Waals surface area contributed by atoms with Crippen LogP contribution in [0.15, 0.2) is 30.9 Å². The lowest BCUT2D eigenvalue weighted by Gasteiger charge is -2.32. The van der Waals surface area contributed by atoms with E-state index >= 15 is 0 Å². The summed E-state index contributed by atoms with van der Waals surface area (Å²) in [4.78, 5) is 25.1. The Hall–Kier alpha value is -2.24. The second-order valence-corrected chi connectivity index (χ2v) is 4.93. The van der Waals surface area contributed by atoms with E-state index in [0.29, 0.717) is 25.6 Å². The van der Waals surface area contributed by atoms with Crippen LogP contribution in [-0.2, 0) is 4.79 Å². The third-order valence-corrected chi connectivity index (χ3v) is 3.42. The predicted molar refractivity (Wildman–Crippen MR) is 73.6 cm³/mol. The molecule has 0 aromatic heterocycles. The minimum Gasteiger partial charge on any atom is -0.347 e.